The Labute approximate surface area is 192 Å². The van der Waals surface area contributed by atoms with Crippen LogP contribution in [-0.4, -0.2) is 18.9 Å². The molecule has 0 fully saturated rings. The Morgan fingerprint density at radius 3 is 2.04 bits per heavy atom. The van der Waals surface area contributed by atoms with Crippen LogP contribution in [0.25, 0.3) is 0 Å². The molecule has 0 amide bonds. The topological polar surface area (TPSA) is 9.23 Å². The number of allylic oxidation sites excluding steroid dienone is 6. The molecule has 5 heteroatoms. The maximum Gasteiger partial charge on any atom is -1.00 e. The molecule has 0 aromatic rings. The fourth-order valence-electron chi connectivity index (χ4n) is 4.29. The Bertz CT molecular complexity index is 675. The molecule has 1 unspecified atom stereocenters. The molecule has 0 aromatic carbocycles. The molecule has 1 atom stereocenters. The van der Waals surface area contributed by atoms with Gasteiger partial charge in [-0.25, -0.2) is 0 Å². The summed E-state index contributed by atoms with van der Waals surface area (Å²) in [4.78, 5) is 0. The minimum Gasteiger partial charge on any atom is -1.00 e. The molecule has 0 heterocycles. The molecular formula is C22H35Cl2OSiTi. The summed E-state index contributed by atoms with van der Waals surface area (Å²) in [5, 5.41) is 1.38. The van der Waals surface area contributed by atoms with Crippen LogP contribution in [0.1, 0.15) is 61.3 Å². The van der Waals surface area contributed by atoms with Crippen molar-refractivity contribution in [1.82, 2.24) is 0 Å². The maximum atomic E-state index is 7.06. The van der Waals surface area contributed by atoms with Crippen molar-refractivity contribution in [3.05, 3.63) is 44.5 Å². The fourth-order valence-corrected chi connectivity index (χ4v) is 10.2. The Kier molecular flexibility index (Phi) is 9.21. The Hall–Kier alpha value is 0.431. The third kappa shape index (κ3) is 5.53. The summed E-state index contributed by atoms with van der Waals surface area (Å²) in [5.74, 6) is 0. The minimum atomic E-state index is -1.94. The van der Waals surface area contributed by atoms with Crippen molar-refractivity contribution in [2.45, 2.75) is 85.2 Å². The smallest absolute Gasteiger partial charge is 1.00 e. The van der Waals surface area contributed by atoms with Gasteiger partial charge in [0.2, 0.25) is 0 Å². The average Bonchev–Trinajstić information content (AvgIpc) is 2.85. The third-order valence-electron chi connectivity index (χ3n) is 5.42. The first-order valence-electron chi connectivity index (χ1n) is 9.42. The molecule has 0 saturated carbocycles. The molecule has 0 radical (unpaired) electrons. The molecular weight excluding hydrogens is 427 g/mol. The average molecular weight is 462 g/mol. The zero-order valence-electron chi connectivity index (χ0n) is 18.4. The van der Waals surface area contributed by atoms with E-state index in [0.717, 1.165) is 12.8 Å². The van der Waals surface area contributed by atoms with E-state index in [1.165, 1.54) is 15.0 Å². The van der Waals surface area contributed by atoms with E-state index in [9.17, 15) is 0 Å². The third-order valence-corrected chi connectivity index (χ3v) is 11.0. The van der Waals surface area contributed by atoms with Crippen LogP contribution in [0, 0.1) is 5.41 Å². The number of hydrogen-bond donors (Lipinski definition) is 0. The maximum absolute atomic E-state index is 7.06. The van der Waals surface area contributed by atoms with Crippen LogP contribution in [0.4, 0.5) is 0 Å². The van der Waals surface area contributed by atoms with E-state index in [1.807, 2.05) is 0 Å². The van der Waals surface area contributed by atoms with Gasteiger partial charge in [0.15, 0.2) is 0 Å². The normalized spacial score (nSPS) is 23.5. The van der Waals surface area contributed by atoms with Crippen LogP contribution in [0.3, 0.4) is 0 Å². The largest absolute Gasteiger partial charge is 1.00 e. The Morgan fingerprint density at radius 1 is 1.07 bits per heavy atom. The van der Waals surface area contributed by atoms with Gasteiger partial charge in [-0.15, -0.1) is 0 Å². The minimum absolute atomic E-state index is 0. The van der Waals surface area contributed by atoms with Gasteiger partial charge in [-0.2, -0.15) is 0 Å². The molecule has 2 rings (SSSR count). The van der Waals surface area contributed by atoms with Crippen molar-refractivity contribution in [1.29, 1.82) is 0 Å². The van der Waals surface area contributed by atoms with Crippen molar-refractivity contribution >= 4 is 8.07 Å². The van der Waals surface area contributed by atoms with Gasteiger partial charge >= 0.3 is 168 Å². The summed E-state index contributed by atoms with van der Waals surface area (Å²) in [6.45, 7) is 20.9. The van der Waals surface area contributed by atoms with Crippen molar-refractivity contribution in [3.8, 4) is 0 Å². The summed E-state index contributed by atoms with van der Waals surface area (Å²) in [6.07, 6.45) is 11.6. The molecule has 27 heavy (non-hydrogen) atoms. The van der Waals surface area contributed by atoms with Crippen molar-refractivity contribution in [3.63, 3.8) is 0 Å². The Morgan fingerprint density at radius 2 is 1.63 bits per heavy atom. The zero-order chi connectivity index (χ0) is 19.3. The molecule has 0 aromatic heterocycles. The number of ether oxygens (including phenoxy) is 1. The SMILES string of the molecule is CC1=CCC(OC(C)(C)C)([Si](C)(C)C2=[C]([Ti+2])CC=C2)C(C(C)(C)C)=C1.[Cl-].[Cl-]. The van der Waals surface area contributed by atoms with Crippen molar-refractivity contribution in [2.24, 2.45) is 5.41 Å². The molecule has 2 aliphatic carbocycles. The molecule has 2 aliphatic rings. The van der Waals surface area contributed by atoms with Gasteiger partial charge in [0.05, 0.1) is 0 Å². The van der Waals surface area contributed by atoms with Crippen LogP contribution in [0.5, 0.6) is 0 Å². The van der Waals surface area contributed by atoms with E-state index in [2.05, 4.69) is 106 Å². The molecule has 0 spiro atoms. The van der Waals surface area contributed by atoms with E-state index < -0.39 is 8.07 Å². The van der Waals surface area contributed by atoms with Gasteiger partial charge < -0.3 is 24.8 Å². The van der Waals surface area contributed by atoms with Crippen molar-refractivity contribution < 1.29 is 50.0 Å². The molecule has 0 aliphatic heterocycles. The molecule has 1 nitrogen and oxygen atoms in total. The van der Waals surface area contributed by atoms with Gasteiger partial charge in [0.25, 0.3) is 0 Å². The zero-order valence-corrected chi connectivity index (χ0v) is 22.5. The second kappa shape index (κ2) is 9.06. The van der Waals surface area contributed by atoms with Gasteiger partial charge in [0.1, 0.15) is 0 Å². The van der Waals surface area contributed by atoms with E-state index in [0.29, 0.717) is 0 Å². The molecule has 151 valence electrons. The van der Waals surface area contributed by atoms with Gasteiger partial charge in [-0.1, -0.05) is 0 Å². The predicted octanol–water partition coefficient (Wildman–Crippen LogP) is 0.418. The Balaban J connectivity index is 0.00000338. The summed E-state index contributed by atoms with van der Waals surface area (Å²) >= 11 is 2.30. The van der Waals surface area contributed by atoms with Crippen LogP contribution >= 0.6 is 0 Å². The first-order chi connectivity index (χ1) is 11.2. The number of hydrogen-bond acceptors (Lipinski definition) is 1. The second-order valence-corrected chi connectivity index (χ2v) is 15.7. The molecule has 0 bridgehead atoms. The number of halogens is 2. The summed E-state index contributed by atoms with van der Waals surface area (Å²) in [7, 11) is -1.94. The van der Waals surface area contributed by atoms with E-state index in [4.69, 9.17) is 4.74 Å². The first-order valence-corrected chi connectivity index (χ1v) is 13.2. The molecule has 0 N–H and O–H groups in total. The monoisotopic (exact) mass is 461 g/mol. The van der Waals surface area contributed by atoms with Crippen LogP contribution in [-0.2, 0) is 25.2 Å². The van der Waals surface area contributed by atoms with Crippen molar-refractivity contribution in [2.75, 3.05) is 0 Å². The summed E-state index contributed by atoms with van der Waals surface area (Å²) in [6, 6.07) is 0. The van der Waals surface area contributed by atoms with Crippen LogP contribution in [0.2, 0.25) is 13.1 Å². The van der Waals surface area contributed by atoms with Gasteiger partial charge in [-0.3, -0.25) is 0 Å². The van der Waals surface area contributed by atoms with Gasteiger partial charge in [0, 0.05) is 0 Å². The van der Waals surface area contributed by atoms with E-state index in [1.54, 1.807) is 5.20 Å². The van der Waals surface area contributed by atoms with E-state index in [-0.39, 0.29) is 41.1 Å². The number of rotatable bonds is 3. The van der Waals surface area contributed by atoms with E-state index >= 15 is 0 Å². The standard InChI is InChI=1S/C22H35OSi.2ClH.Ti/c1-17-14-15-22(23-21(5,6)7,19(16-17)20(2,3)4)24(8,9)18-12-10-11-13-18;;;/h10,12,14,16H,11,15H2,1-9H3;2*1H;/q;;;+2/p-2. The molecule has 0 saturated heterocycles. The van der Waals surface area contributed by atoms with Crippen LogP contribution < -0.4 is 24.8 Å². The summed E-state index contributed by atoms with van der Waals surface area (Å²) < 4.78 is 8.60. The second-order valence-electron chi connectivity index (χ2n) is 10.1. The first kappa shape index (κ1) is 27.4. The predicted molar refractivity (Wildman–Crippen MR) is 108 cm³/mol. The quantitative estimate of drug-likeness (QED) is 0.553. The fraction of sp³-hybridized carbons (Fsp3) is 0.636. The van der Waals surface area contributed by atoms with Crippen LogP contribution in [0.15, 0.2) is 44.5 Å². The summed E-state index contributed by atoms with van der Waals surface area (Å²) in [5.41, 5.74) is 2.76. The van der Waals surface area contributed by atoms with Gasteiger partial charge in [-0.05, 0) is 0 Å².